The van der Waals surface area contributed by atoms with Gasteiger partial charge >= 0.3 is 0 Å². The van der Waals surface area contributed by atoms with Crippen LogP contribution >= 0.6 is 0 Å². The molecule has 10 heteroatoms. The summed E-state index contributed by atoms with van der Waals surface area (Å²) in [4.78, 5) is 36.4. The third kappa shape index (κ3) is 4.29. The first-order chi connectivity index (χ1) is 15.1. The topological polar surface area (TPSA) is 123 Å². The Morgan fingerprint density at radius 2 is 2.00 bits per heavy atom. The van der Waals surface area contributed by atoms with Gasteiger partial charge in [0, 0.05) is 24.6 Å². The van der Waals surface area contributed by atoms with Gasteiger partial charge < -0.3 is 14.7 Å². The first kappa shape index (κ1) is 20.6. The van der Waals surface area contributed by atoms with E-state index in [1.165, 1.54) is 0 Å². The summed E-state index contributed by atoms with van der Waals surface area (Å²) in [6.45, 7) is 1.63. The molecule has 0 radical (unpaired) electrons. The van der Waals surface area contributed by atoms with E-state index in [2.05, 4.69) is 20.1 Å². The lowest BCUT2D eigenvalue weighted by Gasteiger charge is -2.40. The highest BCUT2D eigenvalue weighted by molar-refractivity contribution is 5.79. The van der Waals surface area contributed by atoms with E-state index in [9.17, 15) is 4.79 Å². The summed E-state index contributed by atoms with van der Waals surface area (Å²) in [5.74, 6) is 1.95. The van der Waals surface area contributed by atoms with Crippen LogP contribution in [0.1, 0.15) is 42.2 Å². The highest BCUT2D eigenvalue weighted by Gasteiger charge is 2.47. The van der Waals surface area contributed by atoms with Crippen molar-refractivity contribution in [3.8, 4) is 5.82 Å². The molecule has 0 bridgehead atoms. The maximum atomic E-state index is 12.7. The van der Waals surface area contributed by atoms with Gasteiger partial charge in [0.05, 0.1) is 6.04 Å². The van der Waals surface area contributed by atoms with E-state index < -0.39 is 6.10 Å². The molecule has 1 aliphatic heterocycles. The average molecular weight is 422 g/mol. The molecule has 0 spiro atoms. The second kappa shape index (κ2) is 9.00. The molecule has 2 fully saturated rings. The van der Waals surface area contributed by atoms with E-state index in [0.717, 1.165) is 18.4 Å². The molecule has 1 aliphatic carbocycles. The lowest BCUT2D eigenvalue weighted by molar-refractivity contribution is -0.160. The average Bonchev–Trinajstić information content (AvgIpc) is 3.56. The number of nitrogens with zero attached hydrogens (tertiary/aromatic N) is 6. The molecule has 0 unspecified atom stereocenters. The van der Waals surface area contributed by atoms with E-state index in [1.807, 2.05) is 42.2 Å². The van der Waals surface area contributed by atoms with Gasteiger partial charge in [0.2, 0.25) is 5.91 Å². The molecule has 0 aromatic carbocycles. The van der Waals surface area contributed by atoms with Crippen molar-refractivity contribution in [2.24, 2.45) is 0 Å². The third-order valence-electron chi connectivity index (χ3n) is 5.09. The minimum absolute atomic E-state index is 0.00762. The molecule has 2 atom stereocenters. The van der Waals surface area contributed by atoms with Crippen LogP contribution < -0.4 is 0 Å². The fourth-order valence-corrected chi connectivity index (χ4v) is 3.78. The fourth-order valence-electron chi connectivity index (χ4n) is 3.78. The van der Waals surface area contributed by atoms with E-state index in [-0.39, 0.29) is 31.1 Å². The van der Waals surface area contributed by atoms with Crippen LogP contribution in [0.4, 0.5) is 0 Å². The number of carboxylic acid groups (broad SMARTS) is 1. The normalized spacial score (nSPS) is 20.7. The Kier molecular flexibility index (Phi) is 5.99. The zero-order valence-corrected chi connectivity index (χ0v) is 16.9. The van der Waals surface area contributed by atoms with Crippen LogP contribution in [0.25, 0.3) is 5.82 Å². The number of hydrogen-bond donors (Lipinski definition) is 1. The second-order valence-corrected chi connectivity index (χ2v) is 7.22. The van der Waals surface area contributed by atoms with Crippen LogP contribution in [0.5, 0.6) is 0 Å². The summed E-state index contributed by atoms with van der Waals surface area (Å²) in [6, 6.07) is 9.45. The standard InChI is InChI=1S/C20H20N6O2.CH2O2/c1-13-23-20(26(24-13)16-6-2-3-10-22-16)19-18(14-5-4-9-21-11-14)25(15-7-8-15)17(27)12-28-19;2-1-3/h2-6,9-11,15,18-19H,7-8,12H2,1H3;1H,(H,2,3)/t18-,19+;/m1./s1. The zero-order valence-electron chi connectivity index (χ0n) is 16.9. The lowest BCUT2D eigenvalue weighted by Crippen LogP contribution is -2.47. The molecule has 1 N–H and O–H groups in total. The van der Waals surface area contributed by atoms with Gasteiger partial charge in [-0.2, -0.15) is 4.68 Å². The minimum Gasteiger partial charge on any atom is -0.483 e. The molecule has 1 saturated heterocycles. The number of hydrogen-bond acceptors (Lipinski definition) is 7. The Hall–Kier alpha value is -3.66. The van der Waals surface area contributed by atoms with Crippen LogP contribution in [-0.2, 0) is 14.3 Å². The summed E-state index contributed by atoms with van der Waals surface area (Å²) < 4.78 is 7.77. The number of aromatic nitrogens is 5. The lowest BCUT2D eigenvalue weighted by atomic mass is 9.98. The Labute approximate surface area is 178 Å². The number of ether oxygens (including phenoxy) is 1. The molecule has 31 heavy (non-hydrogen) atoms. The first-order valence-electron chi connectivity index (χ1n) is 9.89. The maximum Gasteiger partial charge on any atom is 0.290 e. The van der Waals surface area contributed by atoms with E-state index >= 15 is 0 Å². The molecule has 4 heterocycles. The number of pyridine rings is 2. The summed E-state index contributed by atoms with van der Waals surface area (Å²) in [5, 5.41) is 11.4. The van der Waals surface area contributed by atoms with Crippen molar-refractivity contribution < 1.29 is 19.4 Å². The van der Waals surface area contributed by atoms with Gasteiger partial charge in [-0.05, 0) is 43.5 Å². The molecule has 1 saturated carbocycles. The number of carbonyl (C=O) groups is 2. The fraction of sp³-hybridized carbons (Fsp3) is 0.333. The van der Waals surface area contributed by atoms with Crippen molar-refractivity contribution in [1.29, 1.82) is 0 Å². The third-order valence-corrected chi connectivity index (χ3v) is 5.09. The van der Waals surface area contributed by atoms with Crippen LogP contribution in [-0.4, -0.2) is 59.8 Å². The van der Waals surface area contributed by atoms with Crippen LogP contribution in [0.3, 0.4) is 0 Å². The minimum atomic E-state index is -0.453. The summed E-state index contributed by atoms with van der Waals surface area (Å²) in [7, 11) is 0. The summed E-state index contributed by atoms with van der Waals surface area (Å²) in [6.07, 6.45) is 6.82. The molecule has 10 nitrogen and oxygen atoms in total. The van der Waals surface area contributed by atoms with E-state index in [0.29, 0.717) is 17.5 Å². The molecular formula is C21H22N6O4. The molecule has 5 rings (SSSR count). The molecule has 1 amide bonds. The summed E-state index contributed by atoms with van der Waals surface area (Å²) >= 11 is 0. The van der Waals surface area contributed by atoms with Gasteiger partial charge in [0.25, 0.3) is 6.47 Å². The molecule has 2 aliphatic rings. The van der Waals surface area contributed by atoms with Crippen molar-refractivity contribution in [3.63, 3.8) is 0 Å². The number of carbonyl (C=O) groups excluding carboxylic acids is 1. The van der Waals surface area contributed by atoms with Gasteiger partial charge in [-0.1, -0.05) is 12.1 Å². The summed E-state index contributed by atoms with van der Waals surface area (Å²) in [5.41, 5.74) is 0.931. The Balaban J connectivity index is 0.000000730. The van der Waals surface area contributed by atoms with Crippen molar-refractivity contribution in [3.05, 3.63) is 66.1 Å². The van der Waals surface area contributed by atoms with Gasteiger partial charge in [0.15, 0.2) is 11.6 Å². The maximum absolute atomic E-state index is 12.7. The van der Waals surface area contributed by atoms with Gasteiger partial charge in [0.1, 0.15) is 18.5 Å². The predicted octanol–water partition coefficient (Wildman–Crippen LogP) is 1.87. The monoisotopic (exact) mass is 422 g/mol. The molecule has 3 aromatic heterocycles. The number of aryl methyl sites for hydroxylation is 1. The second-order valence-electron chi connectivity index (χ2n) is 7.22. The SMILES string of the molecule is Cc1nc([C@H]2OCC(=O)N(C3CC3)[C@@H]2c2cccnc2)n(-c2ccccn2)n1.O=CO. The van der Waals surface area contributed by atoms with Crippen molar-refractivity contribution in [1.82, 2.24) is 29.6 Å². The van der Waals surface area contributed by atoms with Crippen LogP contribution in [0, 0.1) is 6.92 Å². The Morgan fingerprint density at radius 1 is 1.19 bits per heavy atom. The van der Waals surface area contributed by atoms with E-state index in [4.69, 9.17) is 14.6 Å². The van der Waals surface area contributed by atoms with Crippen molar-refractivity contribution in [2.45, 2.75) is 38.0 Å². The largest absolute Gasteiger partial charge is 0.483 e. The Bertz CT molecular complexity index is 1040. The van der Waals surface area contributed by atoms with E-state index in [1.54, 1.807) is 23.3 Å². The number of amides is 1. The zero-order chi connectivity index (χ0) is 21.8. The van der Waals surface area contributed by atoms with Gasteiger partial charge in [-0.25, -0.2) is 9.97 Å². The highest BCUT2D eigenvalue weighted by atomic mass is 16.5. The molecule has 160 valence electrons. The van der Waals surface area contributed by atoms with Crippen molar-refractivity contribution in [2.75, 3.05) is 6.61 Å². The van der Waals surface area contributed by atoms with Crippen LogP contribution in [0.15, 0.2) is 48.9 Å². The smallest absolute Gasteiger partial charge is 0.290 e. The predicted molar refractivity (Wildman–Crippen MR) is 108 cm³/mol. The number of rotatable bonds is 4. The van der Waals surface area contributed by atoms with Crippen molar-refractivity contribution >= 4 is 12.4 Å². The molecular weight excluding hydrogens is 400 g/mol. The first-order valence-corrected chi connectivity index (χ1v) is 9.89. The Morgan fingerprint density at radius 3 is 2.65 bits per heavy atom. The van der Waals surface area contributed by atoms with Gasteiger partial charge in [-0.3, -0.25) is 14.6 Å². The van der Waals surface area contributed by atoms with Crippen LogP contribution in [0.2, 0.25) is 0 Å². The van der Waals surface area contributed by atoms with Gasteiger partial charge in [-0.15, -0.1) is 5.10 Å². The quantitative estimate of drug-likeness (QED) is 0.632. The molecule has 3 aromatic rings. The highest BCUT2D eigenvalue weighted by Crippen LogP contribution is 2.44. The number of morpholine rings is 1.